The van der Waals surface area contributed by atoms with Crippen LogP contribution in [0, 0.1) is 5.82 Å². The van der Waals surface area contributed by atoms with Gasteiger partial charge in [-0.15, -0.1) is 0 Å². The first-order valence-electron chi connectivity index (χ1n) is 11.9. The number of aromatic nitrogens is 2. The molecule has 0 spiro atoms. The van der Waals surface area contributed by atoms with Crippen LogP contribution in [0.1, 0.15) is 58.8 Å². The summed E-state index contributed by atoms with van der Waals surface area (Å²) in [4.78, 5) is 27.4. The maximum atomic E-state index is 13.5. The first kappa shape index (κ1) is 26.2. The molecule has 1 aliphatic carbocycles. The Labute approximate surface area is 209 Å². The number of benzene rings is 1. The third-order valence-electron chi connectivity index (χ3n) is 6.88. The van der Waals surface area contributed by atoms with Gasteiger partial charge in [-0.2, -0.15) is 5.10 Å². The smallest absolute Gasteiger partial charge is 0.272 e. The number of amides is 2. The van der Waals surface area contributed by atoms with Crippen molar-refractivity contribution in [2.24, 2.45) is 5.73 Å². The molecule has 1 aromatic heterocycles. The number of hydrogen-bond donors (Lipinski definition) is 3. The molecule has 2 aromatic rings. The molecule has 36 heavy (non-hydrogen) atoms. The van der Waals surface area contributed by atoms with Crippen molar-refractivity contribution in [1.29, 1.82) is 0 Å². The number of halogens is 1. The van der Waals surface area contributed by atoms with Gasteiger partial charge in [0.1, 0.15) is 11.5 Å². The fourth-order valence-electron chi connectivity index (χ4n) is 4.56. The van der Waals surface area contributed by atoms with E-state index in [1.54, 1.807) is 26.0 Å². The van der Waals surface area contributed by atoms with Crippen molar-refractivity contribution in [1.82, 2.24) is 20.4 Å². The molecule has 0 unspecified atom stereocenters. The fourth-order valence-corrected chi connectivity index (χ4v) is 6.94. The van der Waals surface area contributed by atoms with Crippen LogP contribution in [0.2, 0.25) is 0 Å². The third kappa shape index (κ3) is 4.89. The minimum atomic E-state index is -3.63. The van der Waals surface area contributed by atoms with E-state index in [4.69, 9.17) is 10.5 Å². The second kappa shape index (κ2) is 9.91. The van der Waals surface area contributed by atoms with Crippen molar-refractivity contribution in [3.05, 3.63) is 52.6 Å². The van der Waals surface area contributed by atoms with Gasteiger partial charge in [0.15, 0.2) is 15.5 Å². The summed E-state index contributed by atoms with van der Waals surface area (Å²) in [7, 11) is -3.63. The summed E-state index contributed by atoms with van der Waals surface area (Å²) in [5.74, 6) is -1.18. The molecule has 2 amide bonds. The molecule has 1 aliphatic heterocycles. The van der Waals surface area contributed by atoms with Crippen LogP contribution < -0.4 is 11.1 Å². The van der Waals surface area contributed by atoms with Gasteiger partial charge in [0.25, 0.3) is 11.8 Å². The van der Waals surface area contributed by atoms with Crippen molar-refractivity contribution < 1.29 is 27.1 Å². The summed E-state index contributed by atoms with van der Waals surface area (Å²) in [5.41, 5.74) is 7.02. The predicted molar refractivity (Wildman–Crippen MR) is 131 cm³/mol. The van der Waals surface area contributed by atoms with E-state index in [9.17, 15) is 22.4 Å². The number of nitrogens with one attached hydrogen (secondary N) is 2. The number of aromatic amines is 1. The largest absolute Gasteiger partial charge is 0.379 e. The van der Waals surface area contributed by atoms with E-state index < -0.39 is 25.2 Å². The SMILES string of the molecule is CC(C)(COCCN)S(=O)(=O)C1(CN2CCc3c(C(=O)NCc4ccc(F)cc4)n[nH]c3C2=O)CC1. The number of carbonyl (C=O) groups is 2. The van der Waals surface area contributed by atoms with E-state index in [2.05, 4.69) is 15.5 Å². The molecule has 1 fully saturated rings. The van der Waals surface area contributed by atoms with Crippen LogP contribution in [0.4, 0.5) is 4.39 Å². The Morgan fingerprint density at radius 3 is 2.64 bits per heavy atom. The predicted octanol–water partition coefficient (Wildman–Crippen LogP) is 1.18. The molecule has 12 heteroatoms. The highest BCUT2D eigenvalue weighted by Gasteiger charge is 2.61. The molecule has 2 aliphatic rings. The molecule has 1 saturated carbocycles. The van der Waals surface area contributed by atoms with Crippen molar-refractivity contribution in [3.8, 4) is 0 Å². The Kier molecular flexibility index (Phi) is 7.22. The lowest BCUT2D eigenvalue weighted by Gasteiger charge is -2.35. The molecule has 0 atom stereocenters. The van der Waals surface area contributed by atoms with Gasteiger partial charge in [0, 0.05) is 31.7 Å². The number of sulfone groups is 1. The molecule has 0 saturated heterocycles. The van der Waals surface area contributed by atoms with Gasteiger partial charge in [-0.3, -0.25) is 14.7 Å². The van der Waals surface area contributed by atoms with Crippen LogP contribution in [0.15, 0.2) is 24.3 Å². The summed E-state index contributed by atoms with van der Waals surface area (Å²) in [6.45, 7) is 4.45. The number of fused-ring (bicyclic) bond motifs is 1. The van der Waals surface area contributed by atoms with Crippen LogP contribution in [0.5, 0.6) is 0 Å². The van der Waals surface area contributed by atoms with Crippen LogP contribution in [0.3, 0.4) is 0 Å². The number of nitrogens with zero attached hydrogens (tertiary/aromatic N) is 2. The summed E-state index contributed by atoms with van der Waals surface area (Å²) >= 11 is 0. The van der Waals surface area contributed by atoms with E-state index in [1.807, 2.05) is 0 Å². The zero-order valence-electron chi connectivity index (χ0n) is 20.5. The second-order valence-electron chi connectivity index (χ2n) is 10.00. The first-order chi connectivity index (χ1) is 17.0. The summed E-state index contributed by atoms with van der Waals surface area (Å²) in [5, 5.41) is 9.47. The average molecular weight is 522 g/mol. The quantitative estimate of drug-likeness (QED) is 0.376. The molecule has 0 bridgehead atoms. The van der Waals surface area contributed by atoms with E-state index >= 15 is 0 Å². The van der Waals surface area contributed by atoms with E-state index in [0.29, 0.717) is 31.4 Å². The van der Waals surface area contributed by atoms with Crippen molar-refractivity contribution in [2.75, 3.05) is 32.8 Å². The Balaban J connectivity index is 1.43. The van der Waals surface area contributed by atoms with E-state index in [-0.39, 0.29) is 56.0 Å². The lowest BCUT2D eigenvalue weighted by atomic mass is 10.0. The molecular formula is C24H32FN5O5S. The van der Waals surface area contributed by atoms with Gasteiger partial charge in [-0.1, -0.05) is 12.1 Å². The Morgan fingerprint density at radius 1 is 1.31 bits per heavy atom. The van der Waals surface area contributed by atoms with E-state index in [0.717, 1.165) is 5.56 Å². The molecule has 2 heterocycles. The normalized spacial score (nSPS) is 17.1. The van der Waals surface area contributed by atoms with E-state index in [1.165, 1.54) is 17.0 Å². The fraction of sp³-hybridized carbons (Fsp3) is 0.542. The van der Waals surface area contributed by atoms with Crippen LogP contribution in [-0.4, -0.2) is 77.7 Å². The van der Waals surface area contributed by atoms with Gasteiger partial charge in [-0.25, -0.2) is 12.8 Å². The highest BCUT2D eigenvalue weighted by Crippen LogP contribution is 2.49. The van der Waals surface area contributed by atoms with Crippen molar-refractivity contribution >= 4 is 21.7 Å². The second-order valence-corrected chi connectivity index (χ2v) is 13.0. The lowest BCUT2D eigenvalue weighted by molar-refractivity contribution is 0.0729. The number of rotatable bonds is 11. The minimum Gasteiger partial charge on any atom is -0.379 e. The highest BCUT2D eigenvalue weighted by molar-refractivity contribution is 7.94. The number of carbonyl (C=O) groups excluding carboxylic acids is 2. The molecule has 0 radical (unpaired) electrons. The summed E-state index contributed by atoms with van der Waals surface area (Å²) in [6.07, 6.45) is 1.33. The highest BCUT2D eigenvalue weighted by atomic mass is 32.2. The maximum Gasteiger partial charge on any atom is 0.272 e. The van der Waals surface area contributed by atoms with Crippen LogP contribution in [0.25, 0.3) is 0 Å². The molecule has 1 aromatic carbocycles. The topological polar surface area (TPSA) is 147 Å². The Bertz CT molecular complexity index is 1240. The third-order valence-corrected chi connectivity index (χ3v) is 10.1. The zero-order valence-corrected chi connectivity index (χ0v) is 21.3. The monoisotopic (exact) mass is 521 g/mol. The average Bonchev–Trinajstić information content (AvgIpc) is 3.50. The van der Waals surface area contributed by atoms with Gasteiger partial charge >= 0.3 is 0 Å². The van der Waals surface area contributed by atoms with Gasteiger partial charge in [0.05, 0.1) is 22.7 Å². The maximum absolute atomic E-state index is 13.5. The molecule has 4 N–H and O–H groups in total. The lowest BCUT2D eigenvalue weighted by Crippen LogP contribution is -2.51. The molecule has 196 valence electrons. The van der Waals surface area contributed by atoms with Gasteiger partial charge < -0.3 is 20.7 Å². The summed E-state index contributed by atoms with van der Waals surface area (Å²) in [6, 6.07) is 5.77. The molecule has 4 rings (SSSR count). The zero-order chi connectivity index (χ0) is 26.1. The number of hydrogen-bond acceptors (Lipinski definition) is 7. The summed E-state index contributed by atoms with van der Waals surface area (Å²) < 4.78 is 43.4. The molecular weight excluding hydrogens is 489 g/mol. The number of nitrogens with two attached hydrogens (primary N) is 1. The minimum absolute atomic E-state index is 0.0311. The van der Waals surface area contributed by atoms with Crippen LogP contribution >= 0.6 is 0 Å². The van der Waals surface area contributed by atoms with Gasteiger partial charge in [-0.05, 0) is 50.8 Å². The Hall–Kier alpha value is -2.83. The first-order valence-corrected chi connectivity index (χ1v) is 13.4. The standard InChI is InChI=1S/C24H32FN5O5S/c1-23(2,15-35-12-10-26)36(33,34)24(8-9-24)14-30-11-7-18-19(28-29-20(18)22(30)32)21(31)27-13-16-3-5-17(25)6-4-16/h3-6H,7-15,26H2,1-2H3,(H,27,31)(H,28,29). The number of ether oxygens (including phenoxy) is 1. The Morgan fingerprint density at radius 2 is 2.00 bits per heavy atom. The van der Waals surface area contributed by atoms with Crippen LogP contribution in [-0.2, 0) is 27.5 Å². The van der Waals surface area contributed by atoms with Crippen molar-refractivity contribution in [3.63, 3.8) is 0 Å². The number of H-pyrrole nitrogens is 1. The van der Waals surface area contributed by atoms with Crippen molar-refractivity contribution in [2.45, 2.75) is 49.1 Å². The molecule has 10 nitrogen and oxygen atoms in total. The van der Waals surface area contributed by atoms with Gasteiger partial charge in [0.2, 0.25) is 0 Å².